The molecule has 2 aromatic heterocycles. The first-order valence-electron chi connectivity index (χ1n) is 16.8. The first kappa shape index (κ1) is 33.9. The van der Waals surface area contributed by atoms with Crippen LogP contribution in [0.5, 0.6) is 0 Å². The van der Waals surface area contributed by atoms with Gasteiger partial charge in [0.2, 0.25) is 0 Å². The SMILES string of the molecule is C/C=C/c1cc2c(cc(C(C=C3COCC3=CCC)=C([C]#[Os])[P+](c3ccccc3)(c3ccccc3)c3ccccc3)c3nsnc32)c2nsnc12. The second kappa shape index (κ2) is 14.8. The summed E-state index contributed by atoms with van der Waals surface area (Å²) in [5.74, 6) is 0. The van der Waals surface area contributed by atoms with Gasteiger partial charge in [-0.25, -0.2) is 0 Å². The third kappa shape index (κ3) is 5.91. The second-order valence-electron chi connectivity index (χ2n) is 12.2. The van der Waals surface area contributed by atoms with Crippen LogP contribution < -0.4 is 15.9 Å². The molecule has 3 heterocycles. The van der Waals surface area contributed by atoms with E-state index in [9.17, 15) is 0 Å². The van der Waals surface area contributed by atoms with Gasteiger partial charge < -0.3 is 0 Å². The number of nitrogens with zero attached hydrogens (tertiary/aromatic N) is 4. The number of hydrogen-bond donors (Lipinski definition) is 0. The van der Waals surface area contributed by atoms with Crippen molar-refractivity contribution in [1.29, 1.82) is 0 Å². The Morgan fingerprint density at radius 3 is 1.84 bits per heavy atom. The zero-order valence-corrected chi connectivity index (χ0v) is 33.1. The fourth-order valence-corrected chi connectivity index (χ4v) is 14.1. The molecular formula is C42H33N4OOsPS2+. The van der Waals surface area contributed by atoms with E-state index in [0.717, 1.165) is 61.3 Å². The van der Waals surface area contributed by atoms with E-state index in [1.807, 2.05) is 13.0 Å². The van der Waals surface area contributed by atoms with Crippen molar-refractivity contribution in [1.82, 2.24) is 17.5 Å². The van der Waals surface area contributed by atoms with Crippen molar-refractivity contribution in [3.8, 4) is 4.37 Å². The molecule has 7 aromatic rings. The first-order valence-corrected chi connectivity index (χ1v) is 21.3. The summed E-state index contributed by atoms with van der Waals surface area (Å²) >= 11 is 4.29. The molecule has 0 atom stereocenters. The van der Waals surface area contributed by atoms with Crippen LogP contribution in [0.15, 0.2) is 138 Å². The molecule has 0 spiro atoms. The van der Waals surface area contributed by atoms with Crippen LogP contribution in [0.1, 0.15) is 31.4 Å². The summed E-state index contributed by atoms with van der Waals surface area (Å²) in [5, 5.41) is 6.97. The normalized spacial score (nSPS) is 15.8. The predicted octanol–water partition coefficient (Wildman–Crippen LogP) is 9.39. The van der Waals surface area contributed by atoms with E-state index in [1.54, 1.807) is 17.9 Å². The second-order valence-corrected chi connectivity index (χ2v) is 17.3. The average Bonchev–Trinajstić information content (AvgIpc) is 3.97. The Labute approximate surface area is 316 Å². The van der Waals surface area contributed by atoms with E-state index in [1.165, 1.54) is 50.5 Å². The molecule has 5 nitrogen and oxygen atoms in total. The van der Waals surface area contributed by atoms with Gasteiger partial charge in [-0.15, -0.1) is 0 Å². The molecule has 1 fully saturated rings. The van der Waals surface area contributed by atoms with Crippen LogP contribution in [0, 0.1) is 4.37 Å². The standard InChI is InChI=1S/C42H33N4OPS2.Os/c1-4-15-29-23-36-38(40-39(29)43-49-44-40)25-37(42-41(36)45-50-46-42)35(24-31-27-47-26-30(31)16-5-2)28(3)48(32-17-9-6-10-18-32,33-19-11-7-12-20-33)34-21-13-8-14-22-34;/h4,6-25H,5,26-27H2,1-2H3;/q+1;/b15-4+,30-16?,31-24?,35-28?;. The molecular weight excluding hydrogens is 862 g/mol. The summed E-state index contributed by atoms with van der Waals surface area (Å²) < 4.78 is 29.6. The summed E-state index contributed by atoms with van der Waals surface area (Å²) in [6.07, 6.45) is 9.73. The van der Waals surface area contributed by atoms with Crippen LogP contribution in [-0.4, -0.2) is 30.7 Å². The van der Waals surface area contributed by atoms with Crippen molar-refractivity contribution in [2.45, 2.75) is 20.3 Å². The van der Waals surface area contributed by atoms with Gasteiger partial charge in [0.1, 0.15) is 0 Å². The van der Waals surface area contributed by atoms with Crippen LogP contribution >= 0.6 is 30.7 Å². The summed E-state index contributed by atoms with van der Waals surface area (Å²) in [6.45, 7) is 5.35. The molecule has 0 amide bonds. The van der Waals surface area contributed by atoms with E-state index < -0.39 is 7.26 Å². The molecule has 0 bridgehead atoms. The van der Waals surface area contributed by atoms with Crippen molar-refractivity contribution in [3.05, 3.63) is 149 Å². The fourth-order valence-electron chi connectivity index (χ4n) is 7.14. The molecule has 0 radical (unpaired) electrons. The van der Waals surface area contributed by atoms with Crippen molar-refractivity contribution in [2.75, 3.05) is 13.2 Å². The first-order chi connectivity index (χ1) is 25.2. The van der Waals surface area contributed by atoms with E-state index in [0.29, 0.717) is 13.2 Å². The van der Waals surface area contributed by atoms with Gasteiger partial charge >= 0.3 is 318 Å². The van der Waals surface area contributed by atoms with Crippen molar-refractivity contribution < 1.29 is 22.7 Å². The number of rotatable bonds is 8. The topological polar surface area (TPSA) is 60.8 Å². The molecule has 0 saturated carbocycles. The maximum absolute atomic E-state index is 6.12. The van der Waals surface area contributed by atoms with Crippen LogP contribution in [-0.2, 0) is 22.7 Å². The van der Waals surface area contributed by atoms with Crippen molar-refractivity contribution in [2.24, 2.45) is 0 Å². The Hall–Kier alpha value is -4.23. The minimum absolute atomic E-state index is 0.543. The molecule has 9 heteroatoms. The quantitative estimate of drug-likeness (QED) is 0.143. The van der Waals surface area contributed by atoms with Gasteiger partial charge in [0.15, 0.2) is 0 Å². The molecule has 1 aliphatic rings. The van der Waals surface area contributed by atoms with Crippen LogP contribution in [0.25, 0.3) is 44.5 Å². The number of hydrogen-bond acceptors (Lipinski definition) is 7. The van der Waals surface area contributed by atoms with E-state index in [-0.39, 0.29) is 0 Å². The number of aromatic nitrogens is 4. The van der Waals surface area contributed by atoms with Crippen molar-refractivity contribution in [3.63, 3.8) is 0 Å². The summed E-state index contributed by atoms with van der Waals surface area (Å²) in [4.78, 5) is 0. The minimum atomic E-state index is -2.56. The Balaban J connectivity index is 1.59. The van der Waals surface area contributed by atoms with Gasteiger partial charge in [0, 0.05) is 0 Å². The Kier molecular flexibility index (Phi) is 9.82. The Morgan fingerprint density at radius 2 is 1.27 bits per heavy atom. The van der Waals surface area contributed by atoms with Crippen LogP contribution in [0.3, 0.4) is 0 Å². The number of ether oxygens (including phenoxy) is 1. The summed E-state index contributed by atoms with van der Waals surface area (Å²) in [6, 6.07) is 37.4. The predicted molar refractivity (Wildman–Crippen MR) is 214 cm³/mol. The third-order valence-electron chi connectivity index (χ3n) is 9.33. The van der Waals surface area contributed by atoms with Crippen molar-refractivity contribution >= 4 is 91.1 Å². The van der Waals surface area contributed by atoms with E-state index in [2.05, 4.69) is 133 Å². The molecule has 0 N–H and O–H groups in total. The average molecular weight is 895 g/mol. The van der Waals surface area contributed by atoms with Gasteiger partial charge in [-0.2, -0.15) is 0 Å². The molecule has 0 unspecified atom stereocenters. The Bertz CT molecular complexity index is 2470. The Morgan fingerprint density at radius 1 is 0.745 bits per heavy atom. The molecule has 1 aliphatic heterocycles. The summed E-state index contributed by atoms with van der Waals surface area (Å²) in [5.41, 5.74) is 9.05. The molecule has 8 rings (SSSR count). The summed E-state index contributed by atoms with van der Waals surface area (Å²) in [7, 11) is -2.56. The molecule has 1 saturated heterocycles. The van der Waals surface area contributed by atoms with Gasteiger partial charge in [0.25, 0.3) is 0 Å². The van der Waals surface area contributed by atoms with E-state index >= 15 is 0 Å². The zero-order chi connectivity index (χ0) is 34.8. The molecule has 251 valence electrons. The van der Waals surface area contributed by atoms with E-state index in [4.69, 9.17) is 22.2 Å². The third-order valence-corrected chi connectivity index (χ3v) is 15.8. The molecule has 0 aliphatic carbocycles. The van der Waals surface area contributed by atoms with Crippen LogP contribution in [0.4, 0.5) is 0 Å². The zero-order valence-electron chi connectivity index (χ0n) is 28.1. The van der Waals surface area contributed by atoms with Crippen LogP contribution in [0.2, 0.25) is 0 Å². The van der Waals surface area contributed by atoms with Gasteiger partial charge in [0.05, 0.1) is 0 Å². The number of allylic oxidation sites excluding steroid dienone is 5. The van der Waals surface area contributed by atoms with Gasteiger partial charge in [-0.1, -0.05) is 0 Å². The number of benzene rings is 5. The monoisotopic (exact) mass is 896 g/mol. The molecule has 5 aromatic carbocycles. The fraction of sp³-hybridized carbons (Fsp3) is 0.119. The molecule has 51 heavy (non-hydrogen) atoms. The maximum atomic E-state index is 6.12. The van der Waals surface area contributed by atoms with Gasteiger partial charge in [-0.05, 0) is 0 Å². The number of fused-ring (bicyclic) bond motifs is 5. The van der Waals surface area contributed by atoms with Gasteiger partial charge in [-0.3, -0.25) is 0 Å².